The Morgan fingerprint density at radius 3 is 3.00 bits per heavy atom. The second-order valence-electron chi connectivity index (χ2n) is 3.16. The Hall–Kier alpha value is -0.610. The molecule has 0 radical (unpaired) electrons. The molecule has 12 heavy (non-hydrogen) atoms. The van der Waals surface area contributed by atoms with E-state index in [1.807, 2.05) is 0 Å². The minimum absolute atomic E-state index is 0.246. The number of hydrogen-bond acceptors (Lipinski definition) is 3. The maximum atomic E-state index is 10.3. The summed E-state index contributed by atoms with van der Waals surface area (Å²) in [6.45, 7) is 0.812. The Labute approximate surface area is 71.7 Å². The molecule has 1 rings (SSSR count). The van der Waals surface area contributed by atoms with E-state index in [0.717, 1.165) is 25.9 Å². The minimum Gasteiger partial charge on any atom is -0.480 e. The molecule has 1 unspecified atom stereocenters. The van der Waals surface area contributed by atoms with Crippen molar-refractivity contribution >= 4 is 5.97 Å². The Bertz CT molecular complexity index is 154. The Morgan fingerprint density at radius 2 is 2.50 bits per heavy atom. The van der Waals surface area contributed by atoms with Crippen LogP contribution in [0, 0.1) is 0 Å². The number of aliphatic carboxylic acids is 1. The van der Waals surface area contributed by atoms with Gasteiger partial charge in [0.25, 0.3) is 0 Å². The molecule has 0 amide bonds. The number of ether oxygens (including phenoxy) is 1. The van der Waals surface area contributed by atoms with Crippen LogP contribution in [0.3, 0.4) is 0 Å². The predicted molar refractivity (Wildman–Crippen MR) is 43.8 cm³/mol. The predicted octanol–water partition coefficient (Wildman–Crippen LogP) is 0.357. The molecule has 1 saturated heterocycles. The lowest BCUT2D eigenvalue weighted by Gasteiger charge is -2.10. The van der Waals surface area contributed by atoms with Crippen LogP contribution in [0.1, 0.15) is 25.7 Å². The van der Waals surface area contributed by atoms with Crippen LogP contribution in [0.25, 0.3) is 0 Å². The molecule has 1 aliphatic rings. The summed E-state index contributed by atoms with van der Waals surface area (Å²) < 4.78 is 5.33. The summed E-state index contributed by atoms with van der Waals surface area (Å²) in [6.07, 6.45) is 3.67. The third-order valence-electron chi connectivity index (χ3n) is 2.14. The van der Waals surface area contributed by atoms with Gasteiger partial charge in [0.15, 0.2) is 0 Å². The van der Waals surface area contributed by atoms with Crippen LogP contribution in [0.4, 0.5) is 0 Å². The highest BCUT2D eigenvalue weighted by Gasteiger charge is 2.18. The lowest BCUT2D eigenvalue weighted by molar-refractivity contribution is -0.138. The first-order valence-electron chi connectivity index (χ1n) is 4.30. The number of carboxylic acid groups (broad SMARTS) is 1. The lowest BCUT2D eigenvalue weighted by atomic mass is 10.1. The molecule has 0 aromatic heterocycles. The van der Waals surface area contributed by atoms with E-state index in [1.165, 1.54) is 0 Å². The molecule has 4 nitrogen and oxygen atoms in total. The van der Waals surface area contributed by atoms with Gasteiger partial charge in [0.2, 0.25) is 0 Å². The van der Waals surface area contributed by atoms with Crippen molar-refractivity contribution in [1.29, 1.82) is 0 Å². The molecular formula is C8H15NO3. The zero-order valence-electron chi connectivity index (χ0n) is 7.03. The highest BCUT2D eigenvalue weighted by molar-refractivity contribution is 5.72. The van der Waals surface area contributed by atoms with E-state index in [9.17, 15) is 4.79 Å². The van der Waals surface area contributed by atoms with Gasteiger partial charge in [0, 0.05) is 6.61 Å². The molecule has 0 spiro atoms. The molecule has 70 valence electrons. The van der Waals surface area contributed by atoms with E-state index in [4.69, 9.17) is 15.6 Å². The summed E-state index contributed by atoms with van der Waals surface area (Å²) in [4.78, 5) is 10.3. The average molecular weight is 173 g/mol. The molecule has 2 atom stereocenters. The first-order valence-corrected chi connectivity index (χ1v) is 4.30. The van der Waals surface area contributed by atoms with Crippen molar-refractivity contribution in [2.45, 2.75) is 37.8 Å². The van der Waals surface area contributed by atoms with Crippen LogP contribution in [-0.4, -0.2) is 29.8 Å². The van der Waals surface area contributed by atoms with Gasteiger partial charge < -0.3 is 15.6 Å². The molecule has 0 aromatic rings. The van der Waals surface area contributed by atoms with Gasteiger partial charge in [-0.2, -0.15) is 0 Å². The van der Waals surface area contributed by atoms with Gasteiger partial charge in [-0.05, 0) is 25.7 Å². The molecule has 0 saturated carbocycles. The van der Waals surface area contributed by atoms with Crippen LogP contribution in [-0.2, 0) is 9.53 Å². The normalized spacial score (nSPS) is 25.6. The number of carboxylic acids is 1. The first-order chi connectivity index (χ1) is 5.70. The highest BCUT2D eigenvalue weighted by atomic mass is 16.5. The van der Waals surface area contributed by atoms with E-state index >= 15 is 0 Å². The summed E-state index contributed by atoms with van der Waals surface area (Å²) in [5, 5.41) is 8.49. The molecule has 1 heterocycles. The summed E-state index contributed by atoms with van der Waals surface area (Å²) in [6, 6.07) is -0.728. The van der Waals surface area contributed by atoms with Gasteiger partial charge >= 0.3 is 5.97 Å². The van der Waals surface area contributed by atoms with Crippen LogP contribution in [0.2, 0.25) is 0 Å². The Balaban J connectivity index is 2.11. The van der Waals surface area contributed by atoms with Crippen LogP contribution in [0.5, 0.6) is 0 Å². The fourth-order valence-corrected chi connectivity index (χ4v) is 1.36. The molecule has 1 fully saturated rings. The van der Waals surface area contributed by atoms with E-state index in [2.05, 4.69) is 0 Å². The molecule has 3 N–H and O–H groups in total. The van der Waals surface area contributed by atoms with Gasteiger partial charge in [0.05, 0.1) is 6.10 Å². The topological polar surface area (TPSA) is 72.5 Å². The minimum atomic E-state index is -0.923. The highest BCUT2D eigenvalue weighted by Crippen LogP contribution is 2.17. The van der Waals surface area contributed by atoms with Gasteiger partial charge in [-0.1, -0.05) is 0 Å². The van der Waals surface area contributed by atoms with Gasteiger partial charge in [-0.25, -0.2) is 0 Å². The van der Waals surface area contributed by atoms with Gasteiger partial charge in [-0.3, -0.25) is 4.79 Å². The van der Waals surface area contributed by atoms with Crippen molar-refractivity contribution < 1.29 is 14.6 Å². The summed E-state index contributed by atoms with van der Waals surface area (Å²) in [5.41, 5.74) is 5.34. The second-order valence-corrected chi connectivity index (χ2v) is 3.16. The molecule has 0 bridgehead atoms. The smallest absolute Gasteiger partial charge is 0.320 e. The average Bonchev–Trinajstić information content (AvgIpc) is 2.51. The van der Waals surface area contributed by atoms with Crippen molar-refractivity contribution in [3.63, 3.8) is 0 Å². The number of nitrogens with two attached hydrogens (primary N) is 1. The zero-order chi connectivity index (χ0) is 8.97. The van der Waals surface area contributed by atoms with Crippen molar-refractivity contribution in [1.82, 2.24) is 0 Å². The third-order valence-corrected chi connectivity index (χ3v) is 2.14. The van der Waals surface area contributed by atoms with Crippen molar-refractivity contribution in [3.8, 4) is 0 Å². The number of rotatable bonds is 4. The van der Waals surface area contributed by atoms with Gasteiger partial charge in [-0.15, -0.1) is 0 Å². The maximum Gasteiger partial charge on any atom is 0.320 e. The second kappa shape index (κ2) is 4.42. The van der Waals surface area contributed by atoms with Crippen molar-refractivity contribution in [2.24, 2.45) is 5.73 Å². The van der Waals surface area contributed by atoms with Crippen molar-refractivity contribution in [3.05, 3.63) is 0 Å². The SMILES string of the molecule is N[C@H](CCC1CCCO1)C(=O)O. The lowest BCUT2D eigenvalue weighted by Crippen LogP contribution is -2.30. The summed E-state index contributed by atoms with van der Waals surface area (Å²) in [7, 11) is 0. The third kappa shape index (κ3) is 2.79. The number of carbonyl (C=O) groups is 1. The van der Waals surface area contributed by atoms with Crippen molar-refractivity contribution in [2.75, 3.05) is 6.61 Å². The summed E-state index contributed by atoms with van der Waals surface area (Å²) >= 11 is 0. The van der Waals surface area contributed by atoms with Crippen LogP contribution in [0.15, 0.2) is 0 Å². The molecule has 0 aromatic carbocycles. The van der Waals surface area contributed by atoms with E-state index < -0.39 is 12.0 Å². The first kappa shape index (κ1) is 9.48. The van der Waals surface area contributed by atoms with E-state index in [0.29, 0.717) is 6.42 Å². The standard InChI is InChI=1S/C8H15NO3/c9-7(8(10)11)4-3-6-2-1-5-12-6/h6-7H,1-5,9H2,(H,10,11)/t6?,7-/m1/s1. The molecule has 4 heteroatoms. The maximum absolute atomic E-state index is 10.3. The van der Waals surface area contributed by atoms with Crippen LogP contribution >= 0.6 is 0 Å². The fraction of sp³-hybridized carbons (Fsp3) is 0.875. The van der Waals surface area contributed by atoms with E-state index in [1.54, 1.807) is 0 Å². The summed E-state index contributed by atoms with van der Waals surface area (Å²) in [5.74, 6) is -0.923. The Morgan fingerprint density at radius 1 is 1.75 bits per heavy atom. The Kier molecular flexibility index (Phi) is 3.49. The van der Waals surface area contributed by atoms with Gasteiger partial charge in [0.1, 0.15) is 6.04 Å². The molecular weight excluding hydrogens is 158 g/mol. The monoisotopic (exact) mass is 173 g/mol. The van der Waals surface area contributed by atoms with E-state index in [-0.39, 0.29) is 6.10 Å². The fourth-order valence-electron chi connectivity index (χ4n) is 1.36. The molecule has 1 aliphatic heterocycles. The largest absolute Gasteiger partial charge is 0.480 e. The zero-order valence-corrected chi connectivity index (χ0v) is 7.03. The molecule has 0 aliphatic carbocycles. The quantitative estimate of drug-likeness (QED) is 0.643. The van der Waals surface area contributed by atoms with Crippen LogP contribution < -0.4 is 5.73 Å². The number of hydrogen-bond donors (Lipinski definition) is 2.